The largest absolute Gasteiger partial charge is 0.507 e. The lowest BCUT2D eigenvalue weighted by molar-refractivity contribution is 0.179. The first-order chi connectivity index (χ1) is 9.43. The van der Waals surface area contributed by atoms with Crippen LogP contribution in [0.2, 0.25) is 0 Å². The van der Waals surface area contributed by atoms with Crippen LogP contribution in [-0.4, -0.2) is 35.7 Å². The van der Waals surface area contributed by atoms with E-state index in [4.69, 9.17) is 17.0 Å². The smallest absolute Gasteiger partial charge is 0.187 e. The van der Waals surface area contributed by atoms with Crippen LogP contribution in [0.3, 0.4) is 0 Å². The number of ether oxygens (including phenoxy) is 1. The molecule has 1 aromatic rings. The third-order valence-corrected chi connectivity index (χ3v) is 3.17. The lowest BCUT2D eigenvalue weighted by atomic mass is 10.1. The number of hydrogen-bond donors (Lipinski definition) is 3. The molecular weight excluding hydrogens is 342 g/mol. The van der Waals surface area contributed by atoms with E-state index in [0.717, 1.165) is 4.47 Å². The Morgan fingerprint density at radius 2 is 2.25 bits per heavy atom. The van der Waals surface area contributed by atoms with Gasteiger partial charge in [-0.3, -0.25) is 5.43 Å². The van der Waals surface area contributed by atoms with Crippen LogP contribution >= 0.6 is 28.1 Å². The SMILES string of the molecule is COC[C@H](C)NC(=S)N/N=C(\C)c1cc(Br)ccc1O. The van der Waals surface area contributed by atoms with E-state index in [-0.39, 0.29) is 11.8 Å². The van der Waals surface area contributed by atoms with E-state index < -0.39 is 0 Å². The van der Waals surface area contributed by atoms with Gasteiger partial charge in [-0.25, -0.2) is 0 Å². The van der Waals surface area contributed by atoms with Crippen molar-refractivity contribution in [1.82, 2.24) is 10.7 Å². The molecule has 20 heavy (non-hydrogen) atoms. The van der Waals surface area contributed by atoms with E-state index >= 15 is 0 Å². The molecule has 0 fully saturated rings. The number of methoxy groups -OCH3 is 1. The first kappa shape index (κ1) is 16.9. The lowest BCUT2D eigenvalue weighted by Gasteiger charge is -2.14. The normalized spacial score (nSPS) is 12.9. The van der Waals surface area contributed by atoms with Gasteiger partial charge in [0, 0.05) is 23.2 Å². The minimum absolute atomic E-state index is 0.0924. The summed E-state index contributed by atoms with van der Waals surface area (Å²) in [6.07, 6.45) is 0. The minimum Gasteiger partial charge on any atom is -0.507 e. The molecule has 0 aromatic heterocycles. The van der Waals surface area contributed by atoms with Crippen molar-refractivity contribution in [2.75, 3.05) is 13.7 Å². The highest BCUT2D eigenvalue weighted by Crippen LogP contribution is 2.22. The average molecular weight is 360 g/mol. The van der Waals surface area contributed by atoms with Gasteiger partial charge in [-0.05, 0) is 44.3 Å². The Kier molecular flexibility index (Phi) is 6.90. The van der Waals surface area contributed by atoms with Gasteiger partial charge >= 0.3 is 0 Å². The number of halogens is 1. The van der Waals surface area contributed by atoms with Crippen molar-refractivity contribution in [3.8, 4) is 5.75 Å². The van der Waals surface area contributed by atoms with Crippen molar-refractivity contribution in [2.45, 2.75) is 19.9 Å². The molecule has 0 aliphatic rings. The topological polar surface area (TPSA) is 65.9 Å². The van der Waals surface area contributed by atoms with Crippen LogP contribution in [0.4, 0.5) is 0 Å². The highest BCUT2D eigenvalue weighted by atomic mass is 79.9. The number of hydrogen-bond acceptors (Lipinski definition) is 4. The molecule has 0 spiro atoms. The zero-order chi connectivity index (χ0) is 15.1. The summed E-state index contributed by atoms with van der Waals surface area (Å²) in [7, 11) is 1.63. The molecule has 0 heterocycles. The first-order valence-electron chi connectivity index (χ1n) is 6.02. The Labute approximate surface area is 132 Å². The summed E-state index contributed by atoms with van der Waals surface area (Å²) in [4.78, 5) is 0. The molecule has 110 valence electrons. The molecule has 1 atom stereocenters. The van der Waals surface area contributed by atoms with Crippen molar-refractivity contribution >= 4 is 39.0 Å². The maximum absolute atomic E-state index is 9.79. The summed E-state index contributed by atoms with van der Waals surface area (Å²) < 4.78 is 5.87. The van der Waals surface area contributed by atoms with Crippen molar-refractivity contribution in [1.29, 1.82) is 0 Å². The Bertz CT molecular complexity index is 508. The highest BCUT2D eigenvalue weighted by Gasteiger charge is 2.06. The fourth-order valence-electron chi connectivity index (χ4n) is 1.54. The van der Waals surface area contributed by atoms with E-state index in [2.05, 4.69) is 31.8 Å². The molecule has 0 amide bonds. The van der Waals surface area contributed by atoms with E-state index in [0.29, 0.717) is 23.0 Å². The Hall–Kier alpha value is -1.18. The molecule has 7 heteroatoms. The van der Waals surface area contributed by atoms with Gasteiger partial charge in [0.15, 0.2) is 5.11 Å². The van der Waals surface area contributed by atoms with Crippen LogP contribution in [0.25, 0.3) is 0 Å². The van der Waals surface area contributed by atoms with Crippen molar-refractivity contribution < 1.29 is 9.84 Å². The Balaban J connectivity index is 2.65. The second-order valence-electron chi connectivity index (χ2n) is 4.30. The molecule has 0 saturated heterocycles. The predicted octanol–water partition coefficient (Wildman–Crippen LogP) is 2.38. The fourth-order valence-corrected chi connectivity index (χ4v) is 2.15. The van der Waals surface area contributed by atoms with Crippen molar-refractivity contribution in [2.24, 2.45) is 5.10 Å². The van der Waals surface area contributed by atoms with Gasteiger partial charge in [0.2, 0.25) is 0 Å². The van der Waals surface area contributed by atoms with E-state index in [9.17, 15) is 5.11 Å². The second kappa shape index (κ2) is 8.18. The van der Waals surface area contributed by atoms with Gasteiger partial charge in [0.1, 0.15) is 5.75 Å². The highest BCUT2D eigenvalue weighted by molar-refractivity contribution is 9.10. The van der Waals surface area contributed by atoms with Crippen LogP contribution in [0.15, 0.2) is 27.8 Å². The lowest BCUT2D eigenvalue weighted by Crippen LogP contribution is -2.40. The number of hydrazone groups is 1. The van der Waals surface area contributed by atoms with Crippen LogP contribution in [0, 0.1) is 0 Å². The fraction of sp³-hybridized carbons (Fsp3) is 0.385. The molecule has 0 unspecified atom stereocenters. The summed E-state index contributed by atoms with van der Waals surface area (Å²) in [5, 5.41) is 17.4. The number of thiocarbonyl (C=S) groups is 1. The van der Waals surface area contributed by atoms with E-state index in [1.165, 1.54) is 0 Å². The molecule has 0 aliphatic carbocycles. The minimum atomic E-state index is 0.0924. The van der Waals surface area contributed by atoms with E-state index in [1.807, 2.05) is 6.92 Å². The maximum Gasteiger partial charge on any atom is 0.187 e. The summed E-state index contributed by atoms with van der Waals surface area (Å²) in [5.41, 5.74) is 4.01. The third kappa shape index (κ3) is 5.44. The molecule has 1 aromatic carbocycles. The number of benzene rings is 1. The number of phenolic OH excluding ortho intramolecular Hbond substituents is 1. The van der Waals surface area contributed by atoms with Crippen LogP contribution < -0.4 is 10.7 Å². The number of aromatic hydroxyl groups is 1. The number of nitrogens with one attached hydrogen (secondary N) is 2. The summed E-state index contributed by atoms with van der Waals surface area (Å²) in [6.45, 7) is 4.29. The van der Waals surface area contributed by atoms with Gasteiger partial charge in [0.05, 0.1) is 12.3 Å². The molecule has 0 aliphatic heterocycles. The van der Waals surface area contributed by atoms with Gasteiger partial charge in [-0.15, -0.1) is 0 Å². The quantitative estimate of drug-likeness (QED) is 0.428. The maximum atomic E-state index is 9.79. The van der Waals surface area contributed by atoms with Crippen LogP contribution in [0.5, 0.6) is 5.75 Å². The molecule has 0 bridgehead atoms. The van der Waals surface area contributed by atoms with Crippen LogP contribution in [0.1, 0.15) is 19.4 Å². The third-order valence-electron chi connectivity index (χ3n) is 2.47. The first-order valence-corrected chi connectivity index (χ1v) is 7.22. The standard InChI is InChI=1S/C13H18BrN3O2S/c1-8(7-19-3)15-13(20)17-16-9(2)11-6-10(14)4-5-12(11)18/h4-6,8,18H,7H2,1-3H3,(H2,15,17,20)/b16-9+/t8-/m0/s1. The summed E-state index contributed by atoms with van der Waals surface area (Å²) in [5.74, 6) is 0.169. The summed E-state index contributed by atoms with van der Waals surface area (Å²) in [6, 6.07) is 5.25. The van der Waals surface area contributed by atoms with Gasteiger partial charge < -0.3 is 15.2 Å². The number of phenols is 1. The molecule has 5 nitrogen and oxygen atoms in total. The molecule has 1 rings (SSSR count). The molecule has 0 radical (unpaired) electrons. The second-order valence-corrected chi connectivity index (χ2v) is 5.62. The zero-order valence-electron chi connectivity index (χ0n) is 11.6. The number of nitrogens with zero attached hydrogens (tertiary/aromatic N) is 1. The van der Waals surface area contributed by atoms with Gasteiger partial charge in [-0.2, -0.15) is 5.10 Å². The van der Waals surface area contributed by atoms with Gasteiger partial charge in [0.25, 0.3) is 0 Å². The predicted molar refractivity (Wildman–Crippen MR) is 88.2 cm³/mol. The van der Waals surface area contributed by atoms with Crippen LogP contribution in [-0.2, 0) is 4.74 Å². The monoisotopic (exact) mass is 359 g/mol. The van der Waals surface area contributed by atoms with E-state index in [1.54, 1.807) is 32.2 Å². The molecular formula is C13H18BrN3O2S. The summed E-state index contributed by atoms with van der Waals surface area (Å²) >= 11 is 8.47. The Morgan fingerprint density at radius 1 is 1.55 bits per heavy atom. The average Bonchev–Trinajstić information content (AvgIpc) is 2.39. The molecule has 0 saturated carbocycles. The zero-order valence-corrected chi connectivity index (χ0v) is 14.0. The number of rotatable bonds is 5. The Morgan fingerprint density at radius 3 is 2.90 bits per heavy atom. The molecule has 3 N–H and O–H groups in total. The van der Waals surface area contributed by atoms with Crippen molar-refractivity contribution in [3.05, 3.63) is 28.2 Å². The van der Waals surface area contributed by atoms with Crippen molar-refractivity contribution in [3.63, 3.8) is 0 Å². The van der Waals surface area contributed by atoms with Gasteiger partial charge in [-0.1, -0.05) is 15.9 Å².